The van der Waals surface area contributed by atoms with Crippen LogP contribution in [0.5, 0.6) is 0 Å². The molecule has 0 radical (unpaired) electrons. The van der Waals surface area contributed by atoms with E-state index in [1.54, 1.807) is 0 Å². The molecule has 1 aromatic carbocycles. The lowest BCUT2D eigenvalue weighted by Gasteiger charge is -2.05. The van der Waals surface area contributed by atoms with E-state index in [1.807, 2.05) is 25.2 Å². The van der Waals surface area contributed by atoms with Crippen LogP contribution in [0, 0.1) is 0 Å². The zero-order chi connectivity index (χ0) is 8.97. The molecule has 0 saturated carbocycles. The summed E-state index contributed by atoms with van der Waals surface area (Å²) >= 11 is 0. The number of nitrogens with two attached hydrogens (primary N) is 1. The summed E-state index contributed by atoms with van der Waals surface area (Å²) in [6.07, 6.45) is 0. The molecule has 12 heavy (non-hydrogen) atoms. The van der Waals surface area contributed by atoms with E-state index < -0.39 is 0 Å². The van der Waals surface area contributed by atoms with Crippen molar-refractivity contribution in [3.8, 4) is 0 Å². The molecule has 0 heterocycles. The van der Waals surface area contributed by atoms with Gasteiger partial charge in [-0.3, -0.25) is 0 Å². The average molecular weight is 166 g/mol. The number of hydrogen-bond donors (Lipinski definition) is 3. The molecule has 4 N–H and O–H groups in total. The smallest absolute Gasteiger partial charge is 0.0701 e. The third-order valence-corrected chi connectivity index (χ3v) is 1.76. The predicted octanol–water partition coefficient (Wildman–Crippen LogP) is 0.481. The van der Waals surface area contributed by atoms with Gasteiger partial charge in [0.15, 0.2) is 0 Å². The molecule has 1 rings (SSSR count). The van der Waals surface area contributed by atoms with Crippen molar-refractivity contribution in [3.63, 3.8) is 0 Å². The van der Waals surface area contributed by atoms with Gasteiger partial charge in [-0.2, -0.15) is 0 Å². The minimum atomic E-state index is 0.00562. The minimum Gasteiger partial charge on any atom is -0.398 e. The quantitative estimate of drug-likeness (QED) is 0.572. The molecule has 0 amide bonds. The van der Waals surface area contributed by atoms with Gasteiger partial charge in [0.1, 0.15) is 0 Å². The van der Waals surface area contributed by atoms with Gasteiger partial charge in [0, 0.05) is 17.8 Å². The molecule has 0 bridgehead atoms. The summed E-state index contributed by atoms with van der Waals surface area (Å²) in [6.45, 7) is 0.807. The van der Waals surface area contributed by atoms with Gasteiger partial charge in [0.05, 0.1) is 6.61 Å². The van der Waals surface area contributed by atoms with Crippen molar-refractivity contribution in [2.75, 3.05) is 12.8 Å². The molecule has 0 unspecified atom stereocenters. The van der Waals surface area contributed by atoms with Gasteiger partial charge in [-0.05, 0) is 18.7 Å². The van der Waals surface area contributed by atoms with Gasteiger partial charge in [-0.1, -0.05) is 12.1 Å². The number of nitrogen functional groups attached to an aromatic ring is 1. The van der Waals surface area contributed by atoms with Crippen LogP contribution in [0.3, 0.4) is 0 Å². The Morgan fingerprint density at radius 2 is 2.25 bits per heavy atom. The van der Waals surface area contributed by atoms with Crippen molar-refractivity contribution in [2.24, 2.45) is 0 Å². The Morgan fingerprint density at radius 1 is 1.50 bits per heavy atom. The molecule has 0 saturated heterocycles. The summed E-state index contributed by atoms with van der Waals surface area (Å²) in [4.78, 5) is 0. The maximum absolute atomic E-state index is 8.84. The number of anilines is 1. The molecule has 0 atom stereocenters. The van der Waals surface area contributed by atoms with Gasteiger partial charge < -0.3 is 16.2 Å². The van der Waals surface area contributed by atoms with Gasteiger partial charge in [-0.15, -0.1) is 0 Å². The molecule has 0 spiro atoms. The number of nitrogens with one attached hydrogen (secondary N) is 1. The SMILES string of the molecule is CNCc1ccc(CO)c(N)c1. The second-order valence-electron chi connectivity index (χ2n) is 2.72. The lowest BCUT2D eigenvalue weighted by molar-refractivity contribution is 0.282. The van der Waals surface area contributed by atoms with E-state index in [9.17, 15) is 0 Å². The number of benzene rings is 1. The second kappa shape index (κ2) is 4.09. The molecule has 1 aromatic rings. The van der Waals surface area contributed by atoms with Crippen molar-refractivity contribution < 1.29 is 5.11 Å². The zero-order valence-electron chi connectivity index (χ0n) is 7.17. The van der Waals surface area contributed by atoms with Gasteiger partial charge in [0.2, 0.25) is 0 Å². The molecule has 66 valence electrons. The monoisotopic (exact) mass is 166 g/mol. The van der Waals surface area contributed by atoms with E-state index in [0.717, 1.165) is 17.7 Å². The lowest BCUT2D eigenvalue weighted by Crippen LogP contribution is -2.06. The molecular weight excluding hydrogens is 152 g/mol. The fourth-order valence-corrected chi connectivity index (χ4v) is 1.10. The Balaban J connectivity index is 2.86. The number of hydrogen-bond acceptors (Lipinski definition) is 3. The van der Waals surface area contributed by atoms with Crippen molar-refractivity contribution >= 4 is 5.69 Å². The number of aliphatic hydroxyl groups is 1. The third-order valence-electron chi connectivity index (χ3n) is 1.76. The summed E-state index contributed by atoms with van der Waals surface area (Å²) < 4.78 is 0. The van der Waals surface area contributed by atoms with Crippen LogP contribution >= 0.6 is 0 Å². The van der Waals surface area contributed by atoms with Crippen LogP contribution in [0.4, 0.5) is 5.69 Å². The molecule has 0 aromatic heterocycles. The maximum atomic E-state index is 8.84. The lowest BCUT2D eigenvalue weighted by atomic mass is 10.1. The highest BCUT2D eigenvalue weighted by Gasteiger charge is 1.98. The average Bonchev–Trinajstić information content (AvgIpc) is 2.05. The Hall–Kier alpha value is -1.06. The first-order chi connectivity index (χ1) is 5.77. The van der Waals surface area contributed by atoms with Crippen molar-refractivity contribution in [1.29, 1.82) is 0 Å². The van der Waals surface area contributed by atoms with E-state index in [1.165, 1.54) is 0 Å². The molecule has 0 aliphatic carbocycles. The number of rotatable bonds is 3. The topological polar surface area (TPSA) is 58.3 Å². The van der Waals surface area contributed by atoms with Gasteiger partial charge in [-0.25, -0.2) is 0 Å². The predicted molar refractivity (Wildman–Crippen MR) is 49.5 cm³/mol. The summed E-state index contributed by atoms with van der Waals surface area (Å²) in [5.41, 5.74) is 8.25. The highest BCUT2D eigenvalue weighted by atomic mass is 16.3. The van der Waals surface area contributed by atoms with E-state index in [0.29, 0.717) is 5.69 Å². The number of aliphatic hydroxyl groups excluding tert-OH is 1. The highest BCUT2D eigenvalue weighted by molar-refractivity contribution is 5.48. The van der Waals surface area contributed by atoms with Crippen molar-refractivity contribution in [1.82, 2.24) is 5.32 Å². The summed E-state index contributed by atoms with van der Waals surface area (Å²) in [5.74, 6) is 0. The Kier molecular flexibility index (Phi) is 3.08. The fourth-order valence-electron chi connectivity index (χ4n) is 1.10. The molecule has 0 aliphatic rings. The minimum absolute atomic E-state index is 0.00562. The van der Waals surface area contributed by atoms with Crippen LogP contribution < -0.4 is 11.1 Å². The molecule has 0 fully saturated rings. The van der Waals surface area contributed by atoms with E-state index >= 15 is 0 Å². The van der Waals surface area contributed by atoms with Crippen LogP contribution in [-0.4, -0.2) is 12.2 Å². The Morgan fingerprint density at radius 3 is 2.75 bits per heavy atom. The molecule has 3 nitrogen and oxygen atoms in total. The maximum Gasteiger partial charge on any atom is 0.0701 e. The van der Waals surface area contributed by atoms with Crippen LogP contribution in [-0.2, 0) is 13.2 Å². The van der Waals surface area contributed by atoms with Crippen LogP contribution in [0.2, 0.25) is 0 Å². The van der Waals surface area contributed by atoms with Crippen LogP contribution in [0.1, 0.15) is 11.1 Å². The normalized spacial score (nSPS) is 10.2. The first-order valence-electron chi connectivity index (χ1n) is 3.90. The zero-order valence-corrected chi connectivity index (χ0v) is 7.17. The van der Waals surface area contributed by atoms with Gasteiger partial charge >= 0.3 is 0 Å². The fraction of sp³-hybridized carbons (Fsp3) is 0.333. The third kappa shape index (κ3) is 1.96. The molecule has 0 aliphatic heterocycles. The molecular formula is C9H14N2O. The van der Waals surface area contributed by atoms with Gasteiger partial charge in [0.25, 0.3) is 0 Å². The standard InChI is InChI=1S/C9H14N2O/c1-11-5-7-2-3-8(6-12)9(10)4-7/h2-4,11-12H,5-6,10H2,1H3. The summed E-state index contributed by atoms with van der Waals surface area (Å²) in [6, 6.07) is 5.68. The van der Waals surface area contributed by atoms with E-state index in [-0.39, 0.29) is 6.61 Å². The van der Waals surface area contributed by atoms with Crippen molar-refractivity contribution in [3.05, 3.63) is 29.3 Å². The summed E-state index contributed by atoms with van der Waals surface area (Å²) in [7, 11) is 1.89. The molecule has 3 heteroatoms. The highest BCUT2D eigenvalue weighted by Crippen LogP contribution is 2.13. The Labute approximate surface area is 72.2 Å². The van der Waals surface area contributed by atoms with Crippen LogP contribution in [0.25, 0.3) is 0 Å². The Bertz CT molecular complexity index is 261. The first kappa shape index (κ1) is 9.03. The summed E-state index contributed by atoms with van der Waals surface area (Å²) in [5, 5.41) is 11.9. The van der Waals surface area contributed by atoms with Crippen molar-refractivity contribution in [2.45, 2.75) is 13.2 Å². The second-order valence-corrected chi connectivity index (χ2v) is 2.72. The first-order valence-corrected chi connectivity index (χ1v) is 3.90. The van der Waals surface area contributed by atoms with E-state index in [4.69, 9.17) is 10.8 Å². The largest absolute Gasteiger partial charge is 0.398 e. The van der Waals surface area contributed by atoms with E-state index in [2.05, 4.69) is 5.32 Å². The van der Waals surface area contributed by atoms with Crippen LogP contribution in [0.15, 0.2) is 18.2 Å².